The molecule has 2 N–H and O–H groups in total. The van der Waals surface area contributed by atoms with E-state index in [1.165, 1.54) is 11.1 Å². The Hall–Kier alpha value is -1.39. The molecule has 2 heterocycles. The summed E-state index contributed by atoms with van der Waals surface area (Å²) >= 11 is 0. The number of hydrogen-bond donors (Lipinski definition) is 2. The van der Waals surface area contributed by atoms with Crippen LogP contribution < -0.4 is 10.6 Å². The van der Waals surface area contributed by atoms with Crippen molar-refractivity contribution in [1.29, 1.82) is 0 Å². The van der Waals surface area contributed by atoms with Gasteiger partial charge in [-0.15, -0.1) is 0 Å². The van der Waals surface area contributed by atoms with Gasteiger partial charge < -0.3 is 15.5 Å². The highest BCUT2D eigenvalue weighted by molar-refractivity contribution is 5.87. The molecule has 0 saturated carbocycles. The Morgan fingerprint density at radius 2 is 1.90 bits per heavy atom. The van der Waals surface area contributed by atoms with Gasteiger partial charge in [-0.25, -0.2) is 0 Å². The van der Waals surface area contributed by atoms with Crippen LogP contribution in [-0.2, 0) is 11.2 Å². The monoisotopic (exact) mass is 287 g/mol. The Balaban J connectivity index is 1.78. The van der Waals surface area contributed by atoms with Crippen LogP contribution in [0.2, 0.25) is 0 Å². The van der Waals surface area contributed by atoms with Crippen LogP contribution in [0, 0.1) is 6.92 Å². The van der Waals surface area contributed by atoms with E-state index in [2.05, 4.69) is 41.8 Å². The zero-order valence-electron chi connectivity index (χ0n) is 12.8. The summed E-state index contributed by atoms with van der Waals surface area (Å²) in [5.41, 5.74) is 2.13. The third-order valence-corrected chi connectivity index (χ3v) is 4.68. The molecule has 2 aliphatic heterocycles. The Labute approximate surface area is 126 Å². The highest BCUT2D eigenvalue weighted by atomic mass is 16.2. The number of piperazine rings is 1. The maximum absolute atomic E-state index is 13.0. The normalized spacial score (nSPS) is 26.0. The Bertz CT molecular complexity index is 485. The number of amides is 1. The maximum Gasteiger partial charge on any atom is 0.243 e. The average molecular weight is 287 g/mol. The summed E-state index contributed by atoms with van der Waals surface area (Å²) in [5, 5.41) is 6.83. The van der Waals surface area contributed by atoms with Gasteiger partial charge in [0, 0.05) is 26.2 Å². The quantitative estimate of drug-likeness (QED) is 0.875. The van der Waals surface area contributed by atoms with E-state index < -0.39 is 0 Å². The molecule has 0 radical (unpaired) electrons. The first kappa shape index (κ1) is 14.5. The molecule has 2 fully saturated rings. The van der Waals surface area contributed by atoms with Gasteiger partial charge in [-0.1, -0.05) is 29.8 Å². The van der Waals surface area contributed by atoms with Gasteiger partial charge in [0.15, 0.2) is 0 Å². The minimum absolute atomic E-state index is 0.294. The molecule has 0 unspecified atom stereocenters. The predicted molar refractivity (Wildman–Crippen MR) is 84.3 cm³/mol. The molecule has 2 aliphatic rings. The first-order valence-corrected chi connectivity index (χ1v) is 8.00. The highest BCUT2D eigenvalue weighted by Crippen LogP contribution is 2.27. The maximum atomic E-state index is 13.0. The minimum Gasteiger partial charge on any atom is -0.339 e. The van der Waals surface area contributed by atoms with Crippen LogP contribution in [0.15, 0.2) is 24.3 Å². The van der Waals surface area contributed by atoms with Crippen molar-refractivity contribution < 1.29 is 4.79 Å². The Kier molecular flexibility index (Phi) is 4.27. The number of carbonyl (C=O) groups is 1. The number of nitrogens with one attached hydrogen (secondary N) is 2. The molecule has 0 aliphatic carbocycles. The zero-order valence-corrected chi connectivity index (χ0v) is 12.8. The summed E-state index contributed by atoms with van der Waals surface area (Å²) in [6, 6.07) is 8.57. The molecule has 1 atom stereocenters. The van der Waals surface area contributed by atoms with Crippen LogP contribution in [0.1, 0.15) is 24.0 Å². The number of benzene rings is 1. The fraction of sp³-hybridized carbons (Fsp3) is 0.588. The van der Waals surface area contributed by atoms with E-state index in [1.807, 2.05) is 4.90 Å². The van der Waals surface area contributed by atoms with Gasteiger partial charge in [-0.3, -0.25) is 4.79 Å². The second-order valence-corrected chi connectivity index (χ2v) is 6.32. The van der Waals surface area contributed by atoms with Crippen molar-refractivity contribution in [2.75, 3.05) is 32.7 Å². The Morgan fingerprint density at radius 1 is 1.19 bits per heavy atom. The van der Waals surface area contributed by atoms with Crippen molar-refractivity contribution in [3.05, 3.63) is 35.4 Å². The molecule has 114 valence electrons. The zero-order chi connectivity index (χ0) is 14.7. The van der Waals surface area contributed by atoms with E-state index in [1.54, 1.807) is 0 Å². The summed E-state index contributed by atoms with van der Waals surface area (Å²) in [4.78, 5) is 15.1. The predicted octanol–water partition coefficient (Wildman–Crippen LogP) is 1.09. The number of nitrogens with zero attached hydrogens (tertiary/aromatic N) is 1. The number of hydrogen-bond acceptors (Lipinski definition) is 3. The van der Waals surface area contributed by atoms with E-state index in [0.717, 1.165) is 52.0 Å². The summed E-state index contributed by atoms with van der Waals surface area (Å²) in [7, 11) is 0. The molecule has 0 aromatic heterocycles. The average Bonchev–Trinajstić information content (AvgIpc) is 2.99. The van der Waals surface area contributed by atoms with E-state index in [9.17, 15) is 4.79 Å². The summed E-state index contributed by atoms with van der Waals surface area (Å²) in [5.74, 6) is 0.294. The van der Waals surface area contributed by atoms with Crippen LogP contribution in [0.5, 0.6) is 0 Å². The van der Waals surface area contributed by atoms with E-state index in [-0.39, 0.29) is 5.54 Å². The fourth-order valence-corrected chi connectivity index (χ4v) is 3.44. The molecule has 0 bridgehead atoms. The molecule has 0 spiro atoms. The van der Waals surface area contributed by atoms with Crippen LogP contribution in [0.4, 0.5) is 0 Å². The van der Waals surface area contributed by atoms with E-state index in [0.29, 0.717) is 5.91 Å². The lowest BCUT2D eigenvalue weighted by atomic mass is 9.87. The third-order valence-electron chi connectivity index (χ3n) is 4.68. The standard InChI is InChI=1S/C17H25N3O/c1-14-3-5-15(6-4-14)13-17(7-2-8-19-17)16(21)20-11-9-18-10-12-20/h3-6,18-19H,2,7-13H2,1H3/t17-/m0/s1. The van der Waals surface area contributed by atoms with Gasteiger partial charge in [-0.2, -0.15) is 0 Å². The van der Waals surface area contributed by atoms with Gasteiger partial charge in [-0.05, 0) is 38.3 Å². The largest absolute Gasteiger partial charge is 0.339 e. The summed E-state index contributed by atoms with van der Waals surface area (Å²) < 4.78 is 0. The third kappa shape index (κ3) is 3.11. The van der Waals surface area contributed by atoms with Gasteiger partial charge >= 0.3 is 0 Å². The van der Waals surface area contributed by atoms with Crippen LogP contribution >= 0.6 is 0 Å². The molecule has 3 rings (SSSR count). The van der Waals surface area contributed by atoms with Crippen molar-refractivity contribution in [1.82, 2.24) is 15.5 Å². The molecule has 1 aromatic rings. The fourth-order valence-electron chi connectivity index (χ4n) is 3.44. The van der Waals surface area contributed by atoms with E-state index >= 15 is 0 Å². The SMILES string of the molecule is Cc1ccc(C[C@]2(C(=O)N3CCNCC3)CCCN2)cc1. The first-order valence-electron chi connectivity index (χ1n) is 8.00. The van der Waals surface area contributed by atoms with Crippen molar-refractivity contribution in [2.45, 2.75) is 31.7 Å². The Morgan fingerprint density at radius 3 is 2.52 bits per heavy atom. The second kappa shape index (κ2) is 6.16. The minimum atomic E-state index is -0.382. The summed E-state index contributed by atoms with van der Waals surface area (Å²) in [6.45, 7) is 6.52. The number of carbonyl (C=O) groups excluding carboxylic acids is 1. The van der Waals surface area contributed by atoms with Crippen molar-refractivity contribution in [3.8, 4) is 0 Å². The first-order chi connectivity index (χ1) is 10.2. The molecule has 2 saturated heterocycles. The topological polar surface area (TPSA) is 44.4 Å². The number of aryl methyl sites for hydroxylation is 1. The van der Waals surface area contributed by atoms with Crippen molar-refractivity contribution in [2.24, 2.45) is 0 Å². The van der Waals surface area contributed by atoms with Gasteiger partial charge in [0.25, 0.3) is 0 Å². The smallest absolute Gasteiger partial charge is 0.243 e. The highest BCUT2D eigenvalue weighted by Gasteiger charge is 2.43. The van der Waals surface area contributed by atoms with Gasteiger partial charge in [0.2, 0.25) is 5.91 Å². The van der Waals surface area contributed by atoms with Crippen molar-refractivity contribution in [3.63, 3.8) is 0 Å². The van der Waals surface area contributed by atoms with Gasteiger partial charge in [0.1, 0.15) is 5.54 Å². The van der Waals surface area contributed by atoms with Crippen LogP contribution in [0.25, 0.3) is 0 Å². The van der Waals surface area contributed by atoms with Crippen LogP contribution in [-0.4, -0.2) is 49.1 Å². The van der Waals surface area contributed by atoms with Crippen molar-refractivity contribution >= 4 is 5.91 Å². The molecule has 1 amide bonds. The van der Waals surface area contributed by atoms with Gasteiger partial charge in [0.05, 0.1) is 0 Å². The summed E-state index contributed by atoms with van der Waals surface area (Å²) in [6.07, 6.45) is 2.84. The lowest BCUT2D eigenvalue weighted by Gasteiger charge is -2.37. The lowest BCUT2D eigenvalue weighted by Crippen LogP contribution is -2.59. The van der Waals surface area contributed by atoms with E-state index in [4.69, 9.17) is 0 Å². The van der Waals surface area contributed by atoms with Crippen LogP contribution in [0.3, 0.4) is 0 Å². The molecular weight excluding hydrogens is 262 g/mol. The molecule has 4 nitrogen and oxygen atoms in total. The molecule has 21 heavy (non-hydrogen) atoms. The molecule has 4 heteroatoms. The lowest BCUT2D eigenvalue weighted by molar-refractivity contribution is -0.138. The molecular formula is C17H25N3O. The number of rotatable bonds is 3. The second-order valence-electron chi connectivity index (χ2n) is 6.32. The molecule has 1 aromatic carbocycles.